The van der Waals surface area contributed by atoms with Gasteiger partial charge in [-0.15, -0.1) is 13.2 Å². The van der Waals surface area contributed by atoms with Crippen molar-refractivity contribution in [2.45, 2.75) is 12.9 Å². The zero-order valence-electron chi connectivity index (χ0n) is 7.38. The Labute approximate surface area is 82.5 Å². The molecule has 0 amide bonds. The molecule has 1 heterocycles. The van der Waals surface area contributed by atoms with Gasteiger partial charge in [0.25, 0.3) is 0 Å². The Kier molecular flexibility index (Phi) is 2.89. The molecule has 0 bridgehead atoms. The van der Waals surface area contributed by atoms with E-state index in [0.29, 0.717) is 0 Å². The molecule has 1 aromatic rings. The highest BCUT2D eigenvalue weighted by molar-refractivity contribution is 5.55. The highest BCUT2D eigenvalue weighted by atomic mass is 19.4. The van der Waals surface area contributed by atoms with Crippen LogP contribution in [0.5, 0.6) is 11.5 Å². The first-order chi connectivity index (χ1) is 6.83. The number of halogens is 3. The lowest BCUT2D eigenvalue weighted by Gasteiger charge is -2.12. The number of nitrogens with zero attached hydrogens (tertiary/aromatic N) is 1. The summed E-state index contributed by atoms with van der Waals surface area (Å²) in [5.74, 6) is -2.13. The Hall–Kier alpha value is -1.70. The summed E-state index contributed by atoms with van der Waals surface area (Å²) >= 11 is 0. The first-order valence-corrected chi connectivity index (χ1v) is 3.77. The fourth-order valence-electron chi connectivity index (χ4n) is 0.893. The van der Waals surface area contributed by atoms with Crippen LogP contribution in [0.2, 0.25) is 0 Å². The quantitative estimate of drug-likeness (QED) is 0.686. The van der Waals surface area contributed by atoms with Crippen LogP contribution in [0.15, 0.2) is 6.07 Å². The van der Waals surface area contributed by atoms with E-state index in [1.165, 1.54) is 0 Å². The summed E-state index contributed by atoms with van der Waals surface area (Å²) in [7, 11) is 0. The molecule has 1 aromatic heterocycles. The zero-order valence-corrected chi connectivity index (χ0v) is 7.38. The predicted octanol–water partition coefficient (Wildman–Crippen LogP) is 0.727. The van der Waals surface area contributed by atoms with Crippen LogP contribution in [-0.4, -0.2) is 16.5 Å². The Morgan fingerprint density at radius 1 is 1.47 bits per heavy atom. The van der Waals surface area contributed by atoms with Gasteiger partial charge >= 0.3 is 6.36 Å². The second-order valence-electron chi connectivity index (χ2n) is 2.60. The number of aromatic nitrogens is 1. The highest BCUT2D eigenvalue weighted by Gasteiger charge is 2.33. The number of alkyl halides is 3. The molecule has 8 heteroatoms. The van der Waals surface area contributed by atoms with E-state index in [0.717, 1.165) is 6.07 Å². The van der Waals surface area contributed by atoms with Gasteiger partial charge in [-0.25, -0.2) is 4.98 Å². The van der Waals surface area contributed by atoms with Gasteiger partial charge in [0.15, 0.2) is 11.6 Å². The topological polar surface area (TPSA) is 94.4 Å². The van der Waals surface area contributed by atoms with Crippen molar-refractivity contribution >= 4 is 5.82 Å². The molecular weight excluding hydrogens is 215 g/mol. The normalized spacial score (nSPS) is 11.5. The number of ether oxygens (including phenoxy) is 1. The van der Waals surface area contributed by atoms with Crippen molar-refractivity contribution in [1.82, 2.24) is 4.98 Å². The summed E-state index contributed by atoms with van der Waals surface area (Å²) < 4.78 is 39.1. The van der Waals surface area contributed by atoms with Gasteiger partial charge < -0.3 is 21.3 Å². The van der Waals surface area contributed by atoms with Crippen molar-refractivity contribution < 1.29 is 23.0 Å². The fraction of sp³-hybridized carbons (Fsp3) is 0.286. The molecule has 15 heavy (non-hydrogen) atoms. The lowest BCUT2D eigenvalue weighted by molar-refractivity contribution is -0.275. The van der Waals surface area contributed by atoms with E-state index in [2.05, 4.69) is 9.72 Å². The molecule has 84 valence electrons. The first-order valence-electron chi connectivity index (χ1n) is 3.77. The number of nitrogens with two attached hydrogens (primary N) is 2. The SMILES string of the molecule is NCc1cc(OC(F)(F)F)c(O)c(N)n1. The molecule has 5 nitrogen and oxygen atoms in total. The van der Waals surface area contributed by atoms with Crippen LogP contribution in [0, 0.1) is 0 Å². The maximum atomic E-state index is 11.9. The second kappa shape index (κ2) is 3.81. The molecule has 0 aliphatic rings. The molecule has 0 radical (unpaired) electrons. The average Bonchev–Trinajstić information content (AvgIpc) is 2.10. The van der Waals surface area contributed by atoms with Crippen molar-refractivity contribution in [1.29, 1.82) is 0 Å². The molecule has 1 rings (SSSR count). The van der Waals surface area contributed by atoms with Gasteiger partial charge in [-0.2, -0.15) is 0 Å². The zero-order chi connectivity index (χ0) is 11.6. The van der Waals surface area contributed by atoms with Crippen molar-refractivity contribution in [3.8, 4) is 11.5 Å². The number of pyridine rings is 1. The Morgan fingerprint density at radius 3 is 2.53 bits per heavy atom. The molecule has 0 saturated carbocycles. The first kappa shape index (κ1) is 11.4. The van der Waals surface area contributed by atoms with Gasteiger partial charge in [-0.1, -0.05) is 0 Å². The second-order valence-corrected chi connectivity index (χ2v) is 2.60. The minimum Gasteiger partial charge on any atom is -0.502 e. The van der Waals surface area contributed by atoms with Crippen LogP contribution < -0.4 is 16.2 Å². The highest BCUT2D eigenvalue weighted by Crippen LogP contribution is 2.35. The van der Waals surface area contributed by atoms with Gasteiger partial charge in [-0.3, -0.25) is 0 Å². The number of hydrogen-bond donors (Lipinski definition) is 3. The van der Waals surface area contributed by atoms with Gasteiger partial charge in [0.2, 0.25) is 5.75 Å². The van der Waals surface area contributed by atoms with E-state index in [9.17, 15) is 13.2 Å². The van der Waals surface area contributed by atoms with Gasteiger partial charge in [0, 0.05) is 12.6 Å². The largest absolute Gasteiger partial charge is 0.573 e. The van der Waals surface area contributed by atoms with Crippen molar-refractivity contribution in [2.75, 3.05) is 5.73 Å². The minimum absolute atomic E-state index is 0.0875. The molecule has 0 atom stereocenters. The number of rotatable bonds is 2. The van der Waals surface area contributed by atoms with Crippen molar-refractivity contribution in [3.05, 3.63) is 11.8 Å². The number of nitrogen functional groups attached to an aromatic ring is 1. The Morgan fingerprint density at radius 2 is 2.07 bits per heavy atom. The smallest absolute Gasteiger partial charge is 0.502 e. The Balaban J connectivity index is 3.11. The van der Waals surface area contributed by atoms with E-state index in [1.807, 2.05) is 0 Å². The molecule has 5 N–H and O–H groups in total. The number of aromatic hydroxyl groups is 1. The van der Waals surface area contributed by atoms with E-state index >= 15 is 0 Å². The molecule has 0 spiro atoms. The van der Waals surface area contributed by atoms with E-state index in [1.54, 1.807) is 0 Å². The van der Waals surface area contributed by atoms with Crippen LogP contribution in [-0.2, 0) is 6.54 Å². The molecule has 0 aliphatic heterocycles. The summed E-state index contributed by atoms with van der Waals surface area (Å²) in [6, 6.07) is 0.874. The van der Waals surface area contributed by atoms with Crippen LogP contribution in [0.1, 0.15) is 5.69 Å². The standard InChI is InChI=1S/C7H8F3N3O2/c8-7(9,10)15-4-1-3(2-11)13-6(12)5(4)14/h1,14H,2,11H2,(H2,12,13). The summed E-state index contributed by atoms with van der Waals surface area (Å²) in [5, 5.41) is 9.13. The molecule has 0 unspecified atom stereocenters. The maximum absolute atomic E-state index is 11.9. The van der Waals surface area contributed by atoms with Crippen molar-refractivity contribution in [2.24, 2.45) is 5.73 Å². The molecule has 0 saturated heterocycles. The van der Waals surface area contributed by atoms with Gasteiger partial charge in [0.1, 0.15) is 0 Å². The van der Waals surface area contributed by atoms with E-state index < -0.39 is 23.7 Å². The summed E-state index contributed by atoms with van der Waals surface area (Å²) in [6.45, 7) is -0.112. The minimum atomic E-state index is -4.91. The summed E-state index contributed by atoms with van der Waals surface area (Å²) in [4.78, 5) is 3.54. The monoisotopic (exact) mass is 223 g/mol. The molecule has 0 aromatic carbocycles. The molecule has 0 fully saturated rings. The van der Waals surface area contributed by atoms with Crippen molar-refractivity contribution in [3.63, 3.8) is 0 Å². The third-order valence-corrected chi connectivity index (χ3v) is 1.47. The third-order valence-electron chi connectivity index (χ3n) is 1.47. The molecular formula is C7H8F3N3O2. The van der Waals surface area contributed by atoms with Crippen LogP contribution >= 0.6 is 0 Å². The van der Waals surface area contributed by atoms with E-state index in [-0.39, 0.29) is 12.2 Å². The van der Waals surface area contributed by atoms with Crippen LogP contribution in [0.25, 0.3) is 0 Å². The summed E-state index contributed by atoms with van der Waals surface area (Å²) in [5.41, 5.74) is 10.4. The number of anilines is 1. The van der Waals surface area contributed by atoms with Crippen LogP contribution in [0.3, 0.4) is 0 Å². The van der Waals surface area contributed by atoms with Crippen LogP contribution in [0.4, 0.5) is 19.0 Å². The molecule has 0 aliphatic carbocycles. The lowest BCUT2D eigenvalue weighted by atomic mass is 10.3. The van der Waals surface area contributed by atoms with E-state index in [4.69, 9.17) is 16.6 Å². The third kappa shape index (κ3) is 2.88. The Bertz CT molecular complexity index is 367. The maximum Gasteiger partial charge on any atom is 0.573 e. The number of hydrogen-bond acceptors (Lipinski definition) is 5. The van der Waals surface area contributed by atoms with Gasteiger partial charge in [-0.05, 0) is 0 Å². The fourth-order valence-corrected chi connectivity index (χ4v) is 0.893. The predicted molar refractivity (Wildman–Crippen MR) is 44.9 cm³/mol. The van der Waals surface area contributed by atoms with Gasteiger partial charge in [0.05, 0.1) is 5.69 Å². The lowest BCUT2D eigenvalue weighted by Crippen LogP contribution is -2.18. The average molecular weight is 223 g/mol. The summed E-state index contributed by atoms with van der Waals surface area (Å²) in [6.07, 6.45) is -4.91.